The van der Waals surface area contributed by atoms with Gasteiger partial charge in [0.1, 0.15) is 0 Å². The Balaban J connectivity index is 3.01. The lowest BCUT2D eigenvalue weighted by Gasteiger charge is -1.95. The third kappa shape index (κ3) is 1.64. The van der Waals surface area contributed by atoms with Gasteiger partial charge in [0, 0.05) is 18.0 Å². The smallest absolute Gasteiger partial charge is 0.0915 e. The van der Waals surface area contributed by atoms with Gasteiger partial charge < -0.3 is 5.11 Å². The predicted molar refractivity (Wildman–Crippen MR) is 42.8 cm³/mol. The van der Waals surface area contributed by atoms with E-state index in [1.165, 1.54) is 6.08 Å². The molecule has 3 nitrogen and oxygen atoms in total. The van der Waals surface area contributed by atoms with Crippen LogP contribution in [0.25, 0.3) is 5.57 Å². The molecule has 1 N–H and O–H groups in total. The van der Waals surface area contributed by atoms with E-state index in [1.807, 2.05) is 0 Å². The van der Waals surface area contributed by atoms with E-state index in [0.717, 1.165) is 6.26 Å². The minimum absolute atomic E-state index is 0.568. The summed E-state index contributed by atoms with van der Waals surface area (Å²) in [6.07, 6.45) is 7.16. The molecule has 0 aliphatic rings. The van der Waals surface area contributed by atoms with E-state index in [-0.39, 0.29) is 0 Å². The molecule has 0 spiro atoms. The average Bonchev–Trinajstić information content (AvgIpc) is 2.09. The molecule has 1 heterocycles. The quantitative estimate of drug-likeness (QED) is 0.511. The number of nitrogens with zero attached hydrogens (tertiary/aromatic N) is 2. The van der Waals surface area contributed by atoms with Crippen LogP contribution in [0.4, 0.5) is 0 Å². The van der Waals surface area contributed by atoms with Crippen molar-refractivity contribution < 1.29 is 5.11 Å². The Bertz CT molecular complexity index is 267. The van der Waals surface area contributed by atoms with Crippen LogP contribution in [0.5, 0.6) is 0 Å². The van der Waals surface area contributed by atoms with Crippen molar-refractivity contribution >= 4 is 5.57 Å². The minimum Gasteiger partial charge on any atom is -0.515 e. The van der Waals surface area contributed by atoms with Crippen molar-refractivity contribution in [1.29, 1.82) is 0 Å². The second kappa shape index (κ2) is 3.51. The molecule has 0 unspecified atom stereocenters. The van der Waals surface area contributed by atoms with Gasteiger partial charge >= 0.3 is 0 Å². The number of rotatable bonds is 2. The highest BCUT2D eigenvalue weighted by Gasteiger charge is 1.96. The summed E-state index contributed by atoms with van der Waals surface area (Å²) in [5, 5.41) is 8.68. The Kier molecular flexibility index (Phi) is 2.38. The lowest BCUT2D eigenvalue weighted by Crippen LogP contribution is -1.86. The lowest BCUT2D eigenvalue weighted by atomic mass is 10.2. The predicted octanol–water partition coefficient (Wildman–Crippen LogP) is 1.56. The monoisotopic (exact) mass is 148 g/mol. The van der Waals surface area contributed by atoms with Crippen LogP contribution in [0.3, 0.4) is 0 Å². The highest BCUT2D eigenvalue weighted by Crippen LogP contribution is 2.08. The summed E-state index contributed by atoms with van der Waals surface area (Å²) in [5.41, 5.74) is 1.18. The van der Waals surface area contributed by atoms with Crippen LogP contribution in [-0.2, 0) is 0 Å². The summed E-state index contributed by atoms with van der Waals surface area (Å²) >= 11 is 0. The molecule has 0 saturated carbocycles. The maximum atomic E-state index is 8.68. The Labute approximate surface area is 64.7 Å². The summed E-state index contributed by atoms with van der Waals surface area (Å²) in [4.78, 5) is 7.80. The van der Waals surface area contributed by atoms with Gasteiger partial charge in [-0.3, -0.25) is 9.97 Å². The van der Waals surface area contributed by atoms with Crippen LogP contribution in [-0.4, -0.2) is 15.1 Å². The van der Waals surface area contributed by atoms with Crippen LogP contribution in [0, 0.1) is 0 Å². The summed E-state index contributed by atoms with van der Waals surface area (Å²) in [7, 11) is 0. The molecule has 0 aliphatic carbocycles. The number of aliphatic hydroxyl groups excluding tert-OH is 1. The summed E-state index contributed by atoms with van der Waals surface area (Å²) in [6.45, 7) is 3.51. The fourth-order valence-electron chi connectivity index (χ4n) is 0.672. The Morgan fingerprint density at radius 2 is 2.36 bits per heavy atom. The first kappa shape index (κ1) is 7.47. The standard InChI is InChI=1S/C8H8N2O/c1-2-7(6-11)8-5-9-3-4-10-8/h2-6,11H,1H2. The molecule has 0 bridgehead atoms. The fourth-order valence-corrected chi connectivity index (χ4v) is 0.672. The molecule has 3 heteroatoms. The van der Waals surface area contributed by atoms with Crippen molar-refractivity contribution in [1.82, 2.24) is 9.97 Å². The van der Waals surface area contributed by atoms with Gasteiger partial charge in [0.05, 0.1) is 18.2 Å². The fraction of sp³-hybridized carbons (Fsp3) is 0. The maximum Gasteiger partial charge on any atom is 0.0915 e. The third-order valence-electron chi connectivity index (χ3n) is 1.22. The lowest BCUT2D eigenvalue weighted by molar-refractivity contribution is 0.476. The second-order valence-electron chi connectivity index (χ2n) is 1.88. The normalized spacial score (nSPS) is 11.1. The van der Waals surface area contributed by atoms with E-state index in [9.17, 15) is 0 Å². The number of allylic oxidation sites excluding steroid dienone is 2. The molecule has 0 amide bonds. The van der Waals surface area contributed by atoms with Gasteiger partial charge in [-0.05, 0) is 0 Å². The van der Waals surface area contributed by atoms with Gasteiger partial charge in [-0.1, -0.05) is 12.7 Å². The molecule has 0 aliphatic heterocycles. The van der Waals surface area contributed by atoms with Gasteiger partial charge in [0.25, 0.3) is 0 Å². The molecule has 11 heavy (non-hydrogen) atoms. The van der Waals surface area contributed by atoms with Crippen molar-refractivity contribution in [2.45, 2.75) is 0 Å². The van der Waals surface area contributed by atoms with E-state index in [1.54, 1.807) is 18.6 Å². The number of hydrogen-bond acceptors (Lipinski definition) is 3. The molecule has 0 radical (unpaired) electrons. The van der Waals surface area contributed by atoms with E-state index in [2.05, 4.69) is 16.5 Å². The first-order chi connectivity index (χ1) is 5.38. The van der Waals surface area contributed by atoms with Crippen LogP contribution in [0.1, 0.15) is 5.69 Å². The first-order valence-electron chi connectivity index (χ1n) is 3.11. The Hall–Kier alpha value is -1.64. The van der Waals surface area contributed by atoms with Crippen molar-refractivity contribution in [2.75, 3.05) is 0 Å². The van der Waals surface area contributed by atoms with Gasteiger partial charge in [0.15, 0.2) is 0 Å². The Morgan fingerprint density at radius 1 is 1.55 bits per heavy atom. The Morgan fingerprint density at radius 3 is 2.82 bits per heavy atom. The topological polar surface area (TPSA) is 46.0 Å². The number of hydrogen-bond donors (Lipinski definition) is 1. The van der Waals surface area contributed by atoms with E-state index >= 15 is 0 Å². The molecular formula is C8H8N2O. The van der Waals surface area contributed by atoms with E-state index < -0.39 is 0 Å². The van der Waals surface area contributed by atoms with Gasteiger partial charge in [-0.2, -0.15) is 0 Å². The van der Waals surface area contributed by atoms with Gasteiger partial charge in [0.2, 0.25) is 0 Å². The van der Waals surface area contributed by atoms with Crippen molar-refractivity contribution in [3.63, 3.8) is 0 Å². The third-order valence-corrected chi connectivity index (χ3v) is 1.22. The van der Waals surface area contributed by atoms with Crippen molar-refractivity contribution in [3.05, 3.63) is 43.2 Å². The van der Waals surface area contributed by atoms with Crippen LogP contribution in [0.2, 0.25) is 0 Å². The molecule has 0 saturated heterocycles. The number of aliphatic hydroxyl groups is 1. The molecule has 1 aromatic rings. The van der Waals surface area contributed by atoms with Crippen molar-refractivity contribution in [2.24, 2.45) is 0 Å². The highest BCUT2D eigenvalue weighted by atomic mass is 16.2. The summed E-state index contributed by atoms with van der Waals surface area (Å²) in [5.74, 6) is 0. The highest BCUT2D eigenvalue weighted by molar-refractivity contribution is 5.69. The second-order valence-corrected chi connectivity index (χ2v) is 1.88. The van der Waals surface area contributed by atoms with Crippen LogP contribution in [0.15, 0.2) is 37.5 Å². The molecule has 1 rings (SSSR count). The molecule has 1 aromatic heterocycles. The molecule has 56 valence electrons. The summed E-state index contributed by atoms with van der Waals surface area (Å²) < 4.78 is 0. The SMILES string of the molecule is C=CC(=CO)c1cnccn1. The van der Waals surface area contributed by atoms with Gasteiger partial charge in [-0.25, -0.2) is 0 Å². The van der Waals surface area contributed by atoms with Crippen LogP contribution < -0.4 is 0 Å². The number of aromatic nitrogens is 2. The van der Waals surface area contributed by atoms with Crippen LogP contribution >= 0.6 is 0 Å². The molecule has 0 aromatic carbocycles. The zero-order valence-corrected chi connectivity index (χ0v) is 5.94. The minimum atomic E-state index is 0.568. The molecule has 0 atom stereocenters. The molecular weight excluding hydrogens is 140 g/mol. The first-order valence-corrected chi connectivity index (χ1v) is 3.11. The van der Waals surface area contributed by atoms with E-state index in [0.29, 0.717) is 11.3 Å². The molecule has 0 fully saturated rings. The van der Waals surface area contributed by atoms with E-state index in [4.69, 9.17) is 5.11 Å². The summed E-state index contributed by atoms with van der Waals surface area (Å²) in [6, 6.07) is 0. The largest absolute Gasteiger partial charge is 0.515 e. The zero-order valence-electron chi connectivity index (χ0n) is 5.94. The van der Waals surface area contributed by atoms with Gasteiger partial charge in [-0.15, -0.1) is 0 Å². The maximum absolute atomic E-state index is 8.68. The zero-order chi connectivity index (χ0) is 8.10. The van der Waals surface area contributed by atoms with Crippen molar-refractivity contribution in [3.8, 4) is 0 Å². The average molecular weight is 148 g/mol.